The van der Waals surface area contributed by atoms with E-state index in [0.717, 1.165) is 29.6 Å². The van der Waals surface area contributed by atoms with Crippen molar-refractivity contribution in [3.63, 3.8) is 0 Å². The minimum absolute atomic E-state index is 0.00615. The van der Waals surface area contributed by atoms with Gasteiger partial charge in [-0.1, -0.05) is 0 Å². The van der Waals surface area contributed by atoms with Crippen LogP contribution in [0.2, 0.25) is 0 Å². The molecule has 3 N–H and O–H groups in total. The van der Waals surface area contributed by atoms with Gasteiger partial charge in [-0.3, -0.25) is 4.79 Å². The molecule has 0 fully saturated rings. The highest BCUT2D eigenvalue weighted by Gasteiger charge is 2.19. The lowest BCUT2D eigenvalue weighted by molar-refractivity contribution is 0.286. The van der Waals surface area contributed by atoms with Crippen LogP contribution < -0.4 is 10.9 Å². The fourth-order valence-corrected chi connectivity index (χ4v) is 3.98. The standard InChI is InChI=1S/C14H19N3O2S/c18-7-3-6-15-8-11-16-13(19)12-9-4-1-2-5-10(9)20-14(12)17-11/h15,18H,1-8H2,(H,16,17,19). The molecule has 2 aromatic heterocycles. The summed E-state index contributed by atoms with van der Waals surface area (Å²) < 4.78 is 0. The number of aromatic nitrogens is 2. The number of aryl methyl sites for hydroxylation is 2. The van der Waals surface area contributed by atoms with Gasteiger partial charge >= 0.3 is 0 Å². The Bertz CT molecular complexity index is 662. The molecule has 1 aliphatic rings. The Kier molecular flexibility index (Phi) is 4.14. The second-order valence-corrected chi connectivity index (χ2v) is 6.24. The van der Waals surface area contributed by atoms with Gasteiger partial charge in [-0.25, -0.2) is 4.98 Å². The summed E-state index contributed by atoms with van der Waals surface area (Å²) >= 11 is 1.67. The van der Waals surface area contributed by atoms with E-state index in [0.29, 0.717) is 18.8 Å². The van der Waals surface area contributed by atoms with Crippen LogP contribution in [0.1, 0.15) is 35.5 Å². The Labute approximate surface area is 121 Å². The first-order valence-electron chi connectivity index (χ1n) is 7.14. The maximum Gasteiger partial charge on any atom is 0.259 e. The number of nitrogens with zero attached hydrogens (tertiary/aromatic N) is 1. The maximum atomic E-state index is 12.3. The van der Waals surface area contributed by atoms with Crippen LogP contribution >= 0.6 is 11.3 Å². The molecule has 0 amide bonds. The lowest BCUT2D eigenvalue weighted by Crippen LogP contribution is -2.21. The van der Waals surface area contributed by atoms with E-state index in [4.69, 9.17) is 5.11 Å². The van der Waals surface area contributed by atoms with E-state index >= 15 is 0 Å². The smallest absolute Gasteiger partial charge is 0.259 e. The van der Waals surface area contributed by atoms with Crippen LogP contribution in [0, 0.1) is 0 Å². The highest BCUT2D eigenvalue weighted by atomic mass is 32.1. The number of fused-ring (bicyclic) bond motifs is 3. The van der Waals surface area contributed by atoms with Gasteiger partial charge in [0.25, 0.3) is 5.56 Å². The van der Waals surface area contributed by atoms with Gasteiger partial charge < -0.3 is 15.4 Å². The van der Waals surface area contributed by atoms with Crippen molar-refractivity contribution in [1.82, 2.24) is 15.3 Å². The second-order valence-electron chi connectivity index (χ2n) is 5.16. The molecular formula is C14H19N3O2S. The van der Waals surface area contributed by atoms with Gasteiger partial charge in [-0.05, 0) is 44.2 Å². The van der Waals surface area contributed by atoms with E-state index in [9.17, 15) is 4.79 Å². The second kappa shape index (κ2) is 6.03. The summed E-state index contributed by atoms with van der Waals surface area (Å²) in [6.45, 7) is 1.43. The average Bonchev–Trinajstić information content (AvgIpc) is 2.82. The molecule has 1 aliphatic carbocycles. The molecule has 2 aromatic rings. The zero-order valence-electron chi connectivity index (χ0n) is 11.4. The molecule has 5 nitrogen and oxygen atoms in total. The van der Waals surface area contributed by atoms with Gasteiger partial charge in [0, 0.05) is 11.5 Å². The third-order valence-corrected chi connectivity index (χ3v) is 4.86. The molecule has 0 saturated heterocycles. The molecule has 3 rings (SSSR count). The third kappa shape index (κ3) is 2.63. The van der Waals surface area contributed by atoms with Gasteiger partial charge in [0.15, 0.2) is 0 Å². The normalized spacial score (nSPS) is 14.7. The average molecular weight is 293 g/mol. The van der Waals surface area contributed by atoms with Crippen LogP contribution in [0.4, 0.5) is 0 Å². The Morgan fingerprint density at radius 1 is 1.35 bits per heavy atom. The van der Waals surface area contributed by atoms with Crippen molar-refractivity contribution >= 4 is 21.6 Å². The molecule has 6 heteroatoms. The molecular weight excluding hydrogens is 274 g/mol. The SMILES string of the molecule is O=c1[nH]c(CNCCCO)nc2sc3c(c12)CCCC3. The van der Waals surface area contributed by atoms with Crippen molar-refractivity contribution in [2.24, 2.45) is 0 Å². The summed E-state index contributed by atoms with van der Waals surface area (Å²) in [6, 6.07) is 0. The topological polar surface area (TPSA) is 78.0 Å². The van der Waals surface area contributed by atoms with Crippen molar-refractivity contribution in [3.8, 4) is 0 Å². The number of aromatic amines is 1. The molecule has 20 heavy (non-hydrogen) atoms. The van der Waals surface area contributed by atoms with Crippen molar-refractivity contribution in [1.29, 1.82) is 0 Å². The first kappa shape index (κ1) is 13.7. The Morgan fingerprint density at radius 2 is 2.20 bits per heavy atom. The van der Waals surface area contributed by atoms with Gasteiger partial charge in [0.1, 0.15) is 10.7 Å². The number of aliphatic hydroxyl groups is 1. The third-order valence-electron chi connectivity index (χ3n) is 3.68. The van der Waals surface area contributed by atoms with Crippen LogP contribution in [0.5, 0.6) is 0 Å². The summed E-state index contributed by atoms with van der Waals surface area (Å²) in [6.07, 6.45) is 5.18. The number of hydrogen-bond acceptors (Lipinski definition) is 5. The fraction of sp³-hybridized carbons (Fsp3) is 0.571. The first-order chi connectivity index (χ1) is 9.79. The summed E-state index contributed by atoms with van der Waals surface area (Å²) in [4.78, 5) is 21.9. The molecule has 0 aliphatic heterocycles. The Morgan fingerprint density at radius 3 is 3.05 bits per heavy atom. The molecule has 0 spiro atoms. The highest BCUT2D eigenvalue weighted by Crippen LogP contribution is 2.33. The molecule has 0 saturated carbocycles. The lowest BCUT2D eigenvalue weighted by atomic mass is 9.97. The highest BCUT2D eigenvalue weighted by molar-refractivity contribution is 7.18. The summed E-state index contributed by atoms with van der Waals surface area (Å²) in [5.74, 6) is 0.680. The molecule has 0 aromatic carbocycles. The number of hydrogen-bond donors (Lipinski definition) is 3. The zero-order valence-corrected chi connectivity index (χ0v) is 12.2. The van der Waals surface area contributed by atoms with Crippen LogP contribution in [0.3, 0.4) is 0 Å². The van der Waals surface area contributed by atoms with Crippen molar-refractivity contribution < 1.29 is 5.11 Å². The van der Waals surface area contributed by atoms with E-state index in [-0.39, 0.29) is 12.2 Å². The minimum atomic E-state index is -0.00615. The van der Waals surface area contributed by atoms with Gasteiger partial charge in [-0.15, -0.1) is 11.3 Å². The predicted molar refractivity (Wildman–Crippen MR) is 80.3 cm³/mol. The summed E-state index contributed by atoms with van der Waals surface area (Å²) in [5.41, 5.74) is 1.22. The van der Waals surface area contributed by atoms with E-state index in [1.807, 2.05) is 0 Å². The number of thiophene rings is 1. The monoisotopic (exact) mass is 293 g/mol. The van der Waals surface area contributed by atoms with Crippen LogP contribution in [-0.2, 0) is 19.4 Å². The molecule has 2 heterocycles. The number of nitrogens with one attached hydrogen (secondary N) is 2. The van der Waals surface area contributed by atoms with Gasteiger partial charge in [0.2, 0.25) is 0 Å². The molecule has 108 valence electrons. The van der Waals surface area contributed by atoms with Crippen molar-refractivity contribution in [3.05, 3.63) is 26.6 Å². The summed E-state index contributed by atoms with van der Waals surface area (Å²) in [7, 11) is 0. The minimum Gasteiger partial charge on any atom is -0.396 e. The largest absolute Gasteiger partial charge is 0.396 e. The molecule has 0 bridgehead atoms. The van der Waals surface area contributed by atoms with Gasteiger partial charge in [-0.2, -0.15) is 0 Å². The van der Waals surface area contributed by atoms with E-state index in [1.165, 1.54) is 23.3 Å². The first-order valence-corrected chi connectivity index (χ1v) is 7.96. The number of aliphatic hydroxyl groups excluding tert-OH is 1. The van der Waals surface area contributed by atoms with E-state index in [2.05, 4.69) is 15.3 Å². The quantitative estimate of drug-likeness (QED) is 0.727. The van der Waals surface area contributed by atoms with E-state index < -0.39 is 0 Å². The number of rotatable bonds is 5. The lowest BCUT2D eigenvalue weighted by Gasteiger charge is -2.09. The number of H-pyrrole nitrogens is 1. The Balaban J connectivity index is 1.88. The molecule has 0 radical (unpaired) electrons. The van der Waals surface area contributed by atoms with Gasteiger partial charge in [0.05, 0.1) is 11.9 Å². The fourth-order valence-electron chi connectivity index (χ4n) is 2.70. The predicted octanol–water partition coefficient (Wildman–Crippen LogP) is 1.34. The Hall–Kier alpha value is -1.24. The van der Waals surface area contributed by atoms with Crippen molar-refractivity contribution in [2.75, 3.05) is 13.2 Å². The summed E-state index contributed by atoms with van der Waals surface area (Å²) in [5, 5.41) is 12.7. The van der Waals surface area contributed by atoms with Crippen LogP contribution in [0.15, 0.2) is 4.79 Å². The maximum absolute atomic E-state index is 12.3. The van der Waals surface area contributed by atoms with E-state index in [1.54, 1.807) is 11.3 Å². The molecule has 0 atom stereocenters. The van der Waals surface area contributed by atoms with Crippen molar-refractivity contribution in [2.45, 2.75) is 38.6 Å². The molecule has 0 unspecified atom stereocenters. The van der Waals surface area contributed by atoms with Crippen LogP contribution in [-0.4, -0.2) is 28.2 Å². The van der Waals surface area contributed by atoms with Crippen LogP contribution in [0.25, 0.3) is 10.2 Å². The zero-order chi connectivity index (χ0) is 13.9.